The van der Waals surface area contributed by atoms with Crippen molar-refractivity contribution in [2.45, 2.75) is 74.4 Å². The van der Waals surface area contributed by atoms with Crippen LogP contribution in [0.4, 0.5) is 4.39 Å². The number of hydrogen-bond acceptors (Lipinski definition) is 1. The normalized spacial score (nSPS) is 10.4. The number of thiocarbonyl (C=S) groups is 1. The zero-order valence-corrected chi connectivity index (χ0v) is 24.6. The summed E-state index contributed by atoms with van der Waals surface area (Å²) in [6.07, 6.45) is 3.15. The summed E-state index contributed by atoms with van der Waals surface area (Å²) in [5, 5.41) is 1.58. The van der Waals surface area contributed by atoms with Crippen LogP contribution in [0.3, 0.4) is 0 Å². The van der Waals surface area contributed by atoms with Crippen LogP contribution in [0.1, 0.15) is 77.1 Å². The van der Waals surface area contributed by atoms with E-state index in [1.165, 1.54) is 16.7 Å². The molecule has 0 spiro atoms. The number of allylic oxidation sites excluding steroid dienone is 2. The van der Waals surface area contributed by atoms with E-state index in [1.807, 2.05) is 52.0 Å². The van der Waals surface area contributed by atoms with E-state index in [9.17, 15) is 4.39 Å². The number of rotatable bonds is 5. The highest BCUT2D eigenvalue weighted by Crippen LogP contribution is 2.29. The summed E-state index contributed by atoms with van der Waals surface area (Å²) in [7, 11) is 0. The molecule has 0 nitrogen and oxygen atoms in total. The molecule has 0 fully saturated rings. The fraction of sp³-hybridized carbons (Fsp3) is 0.324. The van der Waals surface area contributed by atoms with Gasteiger partial charge in [0.1, 0.15) is 5.67 Å². The largest absolute Gasteiger partial charge is 0.239 e. The van der Waals surface area contributed by atoms with Crippen molar-refractivity contribution in [2.75, 3.05) is 0 Å². The SMILES string of the molecule is C=C(C)/C(=C/c1ccc(-c2cccc(C(C)(C)F)c2)cc1)CC.CC.CC=S.Cc1ccc(C)cc1. The Bertz CT molecular complexity index is 1040. The molecule has 0 saturated carbocycles. The first-order chi connectivity index (χ1) is 17.0. The lowest BCUT2D eigenvalue weighted by Crippen LogP contribution is -2.08. The maximum atomic E-state index is 14.1. The molecule has 0 aliphatic rings. The highest BCUT2D eigenvalue weighted by atomic mass is 32.1. The number of hydrogen-bond donors (Lipinski definition) is 0. The molecule has 0 heterocycles. The van der Waals surface area contributed by atoms with Crippen molar-refractivity contribution in [3.63, 3.8) is 0 Å². The molecular formula is C34H45FS. The van der Waals surface area contributed by atoms with Crippen LogP contribution in [0.2, 0.25) is 0 Å². The standard InChI is InChI=1S/C22H25F.C8H10.C2H4S.C2H6/c1-6-18(16(2)3)14-17-10-12-19(13-11-17)20-8-7-9-21(15-20)22(4,5)23;1-7-3-5-8(2)6-4-7;1-2-3;1-2/h7-15H,2,6H2,1,3-5H3;3-6H,1-2H3;2H,1H3;1-2H3/b18-14+;;;. The number of alkyl halides is 1. The topological polar surface area (TPSA) is 0 Å². The Labute approximate surface area is 226 Å². The van der Waals surface area contributed by atoms with Gasteiger partial charge in [-0.05, 0) is 87.2 Å². The molecule has 0 aliphatic carbocycles. The van der Waals surface area contributed by atoms with Crippen LogP contribution >= 0.6 is 12.2 Å². The molecule has 0 aromatic heterocycles. The minimum atomic E-state index is -1.32. The minimum Gasteiger partial charge on any atom is -0.239 e. The van der Waals surface area contributed by atoms with E-state index >= 15 is 0 Å². The average Bonchev–Trinajstić information content (AvgIpc) is 2.86. The van der Waals surface area contributed by atoms with Crippen molar-refractivity contribution in [1.29, 1.82) is 0 Å². The van der Waals surface area contributed by atoms with Gasteiger partial charge < -0.3 is 0 Å². The van der Waals surface area contributed by atoms with Gasteiger partial charge in [0.05, 0.1) is 0 Å². The van der Waals surface area contributed by atoms with Gasteiger partial charge in [-0.25, -0.2) is 4.39 Å². The molecule has 0 atom stereocenters. The molecule has 0 aliphatic heterocycles. The first kappa shape index (κ1) is 33.2. The third-order valence-corrected chi connectivity index (χ3v) is 5.28. The first-order valence-electron chi connectivity index (χ1n) is 12.7. The number of aryl methyl sites for hydroxylation is 2. The van der Waals surface area contributed by atoms with E-state index in [-0.39, 0.29) is 0 Å². The lowest BCUT2D eigenvalue weighted by molar-refractivity contribution is 0.221. The Hall–Kier alpha value is -2.84. The lowest BCUT2D eigenvalue weighted by Gasteiger charge is -2.15. The van der Waals surface area contributed by atoms with Crippen molar-refractivity contribution in [3.8, 4) is 11.1 Å². The third kappa shape index (κ3) is 12.7. The zero-order chi connectivity index (χ0) is 27.7. The van der Waals surface area contributed by atoms with Gasteiger partial charge >= 0.3 is 0 Å². The predicted molar refractivity (Wildman–Crippen MR) is 166 cm³/mol. The quantitative estimate of drug-likeness (QED) is 0.246. The Balaban J connectivity index is 0.000000778. The van der Waals surface area contributed by atoms with E-state index in [2.05, 4.69) is 94.2 Å². The molecule has 0 N–H and O–H groups in total. The molecule has 0 bridgehead atoms. The van der Waals surface area contributed by atoms with Gasteiger partial charge in [-0.2, -0.15) is 0 Å². The van der Waals surface area contributed by atoms with Gasteiger partial charge in [0, 0.05) is 0 Å². The molecule has 0 radical (unpaired) electrons. The molecular weight excluding hydrogens is 459 g/mol. The fourth-order valence-electron chi connectivity index (χ4n) is 3.21. The minimum absolute atomic E-state index is 0.703. The predicted octanol–water partition coefficient (Wildman–Crippen LogP) is 11.3. The highest BCUT2D eigenvalue weighted by molar-refractivity contribution is 7.78. The monoisotopic (exact) mass is 504 g/mol. The molecule has 194 valence electrons. The highest BCUT2D eigenvalue weighted by Gasteiger charge is 2.18. The molecule has 2 heteroatoms. The van der Waals surface area contributed by atoms with Gasteiger partial charge in [-0.1, -0.05) is 129 Å². The van der Waals surface area contributed by atoms with Crippen molar-refractivity contribution < 1.29 is 4.39 Å². The second-order valence-electron chi connectivity index (χ2n) is 8.87. The molecule has 3 aromatic rings. The van der Waals surface area contributed by atoms with E-state index in [0.29, 0.717) is 5.56 Å². The van der Waals surface area contributed by atoms with Gasteiger partial charge in [0.2, 0.25) is 0 Å². The molecule has 36 heavy (non-hydrogen) atoms. The van der Waals surface area contributed by atoms with Crippen molar-refractivity contribution in [1.82, 2.24) is 0 Å². The van der Waals surface area contributed by atoms with Crippen LogP contribution in [0.15, 0.2) is 90.5 Å². The zero-order valence-electron chi connectivity index (χ0n) is 23.8. The van der Waals surface area contributed by atoms with Crippen LogP contribution in [0, 0.1) is 13.8 Å². The van der Waals surface area contributed by atoms with E-state index in [1.54, 1.807) is 19.2 Å². The number of benzene rings is 3. The van der Waals surface area contributed by atoms with Crippen LogP contribution in [0.5, 0.6) is 0 Å². The van der Waals surface area contributed by atoms with Crippen LogP contribution in [-0.2, 0) is 5.67 Å². The second-order valence-corrected chi connectivity index (χ2v) is 9.34. The maximum Gasteiger partial charge on any atom is 0.130 e. The number of halogens is 1. The van der Waals surface area contributed by atoms with Crippen LogP contribution in [0.25, 0.3) is 17.2 Å². The Morgan fingerprint density at radius 2 is 1.36 bits per heavy atom. The van der Waals surface area contributed by atoms with E-state index < -0.39 is 5.67 Å². The summed E-state index contributed by atoms with van der Waals surface area (Å²) in [6.45, 7) is 21.4. The molecule has 0 unspecified atom stereocenters. The maximum absolute atomic E-state index is 14.1. The summed E-state index contributed by atoms with van der Waals surface area (Å²) in [5.41, 5.74) is 7.71. The third-order valence-electron chi connectivity index (χ3n) is 5.28. The molecule has 0 saturated heterocycles. The lowest BCUT2D eigenvalue weighted by atomic mass is 9.95. The summed E-state index contributed by atoms with van der Waals surface area (Å²) in [5.74, 6) is 0. The Morgan fingerprint density at radius 3 is 1.75 bits per heavy atom. The van der Waals surface area contributed by atoms with Gasteiger partial charge in [-0.15, -0.1) is 0 Å². The molecule has 3 aromatic carbocycles. The fourth-order valence-corrected chi connectivity index (χ4v) is 3.21. The summed E-state index contributed by atoms with van der Waals surface area (Å²) < 4.78 is 14.1. The first-order valence-corrected chi connectivity index (χ1v) is 13.2. The Morgan fingerprint density at radius 1 is 0.889 bits per heavy atom. The van der Waals surface area contributed by atoms with Crippen LogP contribution in [-0.4, -0.2) is 5.37 Å². The van der Waals surface area contributed by atoms with Crippen molar-refractivity contribution in [3.05, 3.63) is 113 Å². The van der Waals surface area contributed by atoms with E-state index in [0.717, 1.165) is 28.7 Å². The average molecular weight is 505 g/mol. The summed E-state index contributed by atoms with van der Waals surface area (Å²) in [6, 6.07) is 24.5. The van der Waals surface area contributed by atoms with Gasteiger partial charge in [0.15, 0.2) is 0 Å². The van der Waals surface area contributed by atoms with Crippen LogP contribution < -0.4 is 0 Å². The molecule has 3 rings (SSSR count). The molecule has 0 amide bonds. The smallest absolute Gasteiger partial charge is 0.130 e. The van der Waals surface area contributed by atoms with Gasteiger partial charge in [-0.3, -0.25) is 0 Å². The Kier molecular flexibility index (Phi) is 16.2. The van der Waals surface area contributed by atoms with E-state index in [4.69, 9.17) is 0 Å². The van der Waals surface area contributed by atoms with Gasteiger partial charge in [0.25, 0.3) is 0 Å². The summed E-state index contributed by atoms with van der Waals surface area (Å²) >= 11 is 4.27. The van der Waals surface area contributed by atoms with Crippen molar-refractivity contribution >= 4 is 23.7 Å². The second kappa shape index (κ2) is 17.6. The van der Waals surface area contributed by atoms with Crippen molar-refractivity contribution in [2.24, 2.45) is 0 Å². The summed E-state index contributed by atoms with van der Waals surface area (Å²) in [4.78, 5) is 0.